The van der Waals surface area contributed by atoms with Crippen molar-refractivity contribution in [2.75, 3.05) is 6.56 Å². The molecule has 0 bridgehead atoms. The molecule has 114 valence electrons. The molecule has 1 atom stereocenters. The highest BCUT2D eigenvalue weighted by atomic mass is 32.1. The summed E-state index contributed by atoms with van der Waals surface area (Å²) in [5.41, 5.74) is -0.888. The van der Waals surface area contributed by atoms with Gasteiger partial charge in [0.15, 0.2) is 0 Å². The lowest BCUT2D eigenvalue weighted by Crippen LogP contribution is -2.05. The first kappa shape index (κ1) is 7.75. The van der Waals surface area contributed by atoms with E-state index in [-0.39, 0.29) is 21.1 Å². The number of aromatic carboxylic acids is 1. The smallest absolute Gasteiger partial charge is 0.347 e. The largest absolute Gasteiger partial charge is 0.492 e. The number of carboxylic acids is 1. The highest BCUT2D eigenvalue weighted by molar-refractivity contribution is 7.17. The van der Waals surface area contributed by atoms with E-state index in [0.29, 0.717) is 11.3 Å². The van der Waals surface area contributed by atoms with E-state index < -0.39 is 54.7 Å². The Labute approximate surface area is 145 Å². The van der Waals surface area contributed by atoms with E-state index in [4.69, 9.17) is 17.1 Å². The Hall–Kier alpha value is -2.39. The zero-order chi connectivity index (χ0) is 24.1. The molecular weight excluding hydrogens is 300 g/mol. The predicted octanol–water partition coefficient (Wildman–Crippen LogP) is 3.72. The molecule has 1 N–H and O–H groups in total. The van der Waals surface area contributed by atoms with Crippen LogP contribution in [0.3, 0.4) is 0 Å². The summed E-state index contributed by atoms with van der Waals surface area (Å²) < 4.78 is 75.5. The van der Waals surface area contributed by atoms with Gasteiger partial charge in [0.1, 0.15) is 21.7 Å². The van der Waals surface area contributed by atoms with Gasteiger partial charge >= 0.3 is 5.97 Å². The minimum absolute atomic E-state index is 0.0997. The number of thiazole rings is 1. The summed E-state index contributed by atoms with van der Waals surface area (Å²) in [7, 11) is 0. The van der Waals surface area contributed by atoms with E-state index in [1.165, 1.54) is 6.92 Å². The molecule has 0 aliphatic rings. The van der Waals surface area contributed by atoms with Crippen LogP contribution in [-0.2, 0) is 0 Å². The van der Waals surface area contributed by atoms with Crippen molar-refractivity contribution in [1.82, 2.24) is 4.98 Å². The number of carboxylic acid groups (broad SMARTS) is 1. The van der Waals surface area contributed by atoms with Gasteiger partial charge in [-0.3, -0.25) is 0 Å². The molecule has 5 nitrogen and oxygen atoms in total. The molecule has 0 radical (unpaired) electrons. The van der Waals surface area contributed by atoms with Gasteiger partial charge in [-0.2, -0.15) is 5.26 Å². The number of nitrogens with zero attached hydrogens (tertiary/aromatic N) is 2. The molecule has 1 heterocycles. The van der Waals surface area contributed by atoms with E-state index in [9.17, 15) is 15.2 Å². The molecule has 0 aliphatic heterocycles. The van der Waals surface area contributed by atoms with Crippen LogP contribution in [0.5, 0.6) is 5.75 Å². The number of aromatic nitrogens is 1. The summed E-state index contributed by atoms with van der Waals surface area (Å²) in [6.07, 6.45) is 0. The van der Waals surface area contributed by atoms with Crippen LogP contribution in [0.1, 0.15) is 47.0 Å². The highest BCUT2D eigenvalue weighted by Gasteiger charge is 2.16. The molecule has 1 aromatic carbocycles. The fraction of sp³-hybridized carbons (Fsp3) is 0.312. The third-order valence-corrected chi connectivity index (χ3v) is 3.56. The number of rotatable bonds is 5. The Morgan fingerprint density at radius 3 is 3.14 bits per heavy atom. The van der Waals surface area contributed by atoms with Gasteiger partial charge < -0.3 is 9.84 Å². The zero-order valence-electron chi connectivity index (χ0n) is 20.6. The number of hydrogen-bond donors (Lipinski definition) is 1. The van der Waals surface area contributed by atoms with Gasteiger partial charge in [0.05, 0.1) is 24.7 Å². The third-order valence-electron chi connectivity index (χ3n) is 2.40. The Morgan fingerprint density at radius 2 is 2.55 bits per heavy atom. The van der Waals surface area contributed by atoms with E-state index in [1.807, 2.05) is 0 Å². The lowest BCUT2D eigenvalue weighted by atomic mass is 10.1. The van der Waals surface area contributed by atoms with E-state index in [0.717, 1.165) is 6.92 Å². The molecular formula is C16H16N2O3S. The van der Waals surface area contributed by atoms with E-state index in [2.05, 4.69) is 4.98 Å². The number of carbonyl (C=O) groups is 1. The number of benzene rings is 1. The van der Waals surface area contributed by atoms with Crippen molar-refractivity contribution >= 4 is 17.3 Å². The van der Waals surface area contributed by atoms with Crippen molar-refractivity contribution in [3.63, 3.8) is 0 Å². The number of ether oxygens (including phenoxy) is 1. The maximum absolute atomic E-state index is 11.3. The summed E-state index contributed by atoms with van der Waals surface area (Å²) in [5.74, 6) is -4.95. The SMILES string of the molecule is [2H]c1c([2H])c(-c2nc(C)c(C(=O)O)s2)c([2H])c(C#N)c1OC([2H])([2H])C([2H])(C)C([2H])([2H])[2H]. The Bertz CT molecular complexity index is 1100. The Kier molecular flexibility index (Phi) is 2.32. The first-order chi connectivity index (χ1) is 14.0. The summed E-state index contributed by atoms with van der Waals surface area (Å²) in [5, 5.41) is 18.6. The topological polar surface area (TPSA) is 83.2 Å². The monoisotopic (exact) mass is 325 g/mol. The minimum Gasteiger partial charge on any atom is -0.492 e. The molecule has 0 amide bonds. The second-order valence-electron chi connectivity index (χ2n) is 4.13. The summed E-state index contributed by atoms with van der Waals surface area (Å²) in [6, 6.07) is -0.620. The van der Waals surface area contributed by atoms with Crippen LogP contribution in [-0.4, -0.2) is 22.6 Å². The van der Waals surface area contributed by atoms with E-state index >= 15 is 0 Å². The van der Waals surface area contributed by atoms with Gasteiger partial charge in [0.2, 0.25) is 0 Å². The van der Waals surface area contributed by atoms with Crippen molar-refractivity contribution in [2.24, 2.45) is 5.89 Å². The molecule has 0 saturated carbocycles. The number of aryl methyl sites for hydroxylation is 1. The highest BCUT2D eigenvalue weighted by Crippen LogP contribution is 2.31. The lowest BCUT2D eigenvalue weighted by molar-refractivity contribution is 0.0701. The van der Waals surface area contributed by atoms with Gasteiger partial charge in [0, 0.05) is 11.0 Å². The third kappa shape index (κ3) is 3.43. The summed E-state index contributed by atoms with van der Waals surface area (Å²) in [4.78, 5) is 15.1. The van der Waals surface area contributed by atoms with Gasteiger partial charge in [-0.15, -0.1) is 11.3 Å². The van der Waals surface area contributed by atoms with E-state index in [1.54, 1.807) is 6.07 Å². The van der Waals surface area contributed by atoms with Crippen LogP contribution in [0.15, 0.2) is 18.1 Å². The zero-order valence-corrected chi connectivity index (χ0v) is 12.4. The van der Waals surface area contributed by atoms with Gasteiger partial charge in [-0.25, -0.2) is 9.78 Å². The molecule has 1 aromatic heterocycles. The van der Waals surface area contributed by atoms with Crippen molar-refractivity contribution in [1.29, 1.82) is 5.26 Å². The average molecular weight is 325 g/mol. The van der Waals surface area contributed by atoms with Crippen molar-refractivity contribution in [3.05, 3.63) is 34.3 Å². The van der Waals surface area contributed by atoms with Crippen LogP contribution >= 0.6 is 11.3 Å². The molecule has 2 aromatic rings. The first-order valence-electron chi connectivity index (χ1n) is 10.4. The van der Waals surface area contributed by atoms with Crippen molar-refractivity contribution in [2.45, 2.75) is 20.7 Å². The lowest BCUT2D eigenvalue weighted by Gasteiger charge is -2.10. The van der Waals surface area contributed by atoms with Gasteiger partial charge in [-0.1, -0.05) is 13.8 Å². The molecule has 0 fully saturated rings. The Balaban J connectivity index is 2.74. The van der Waals surface area contributed by atoms with Crippen LogP contribution in [0.4, 0.5) is 0 Å². The minimum atomic E-state index is -3.23. The maximum atomic E-state index is 11.3. The molecule has 1 unspecified atom stereocenters. The maximum Gasteiger partial charge on any atom is 0.347 e. The van der Waals surface area contributed by atoms with Crippen LogP contribution in [0, 0.1) is 24.1 Å². The molecule has 0 aliphatic carbocycles. The van der Waals surface area contributed by atoms with Crippen LogP contribution in [0.2, 0.25) is 0 Å². The second kappa shape index (κ2) is 6.58. The number of hydrogen-bond acceptors (Lipinski definition) is 5. The van der Waals surface area contributed by atoms with Crippen LogP contribution < -0.4 is 4.74 Å². The fourth-order valence-electron chi connectivity index (χ4n) is 1.49. The van der Waals surface area contributed by atoms with Gasteiger partial charge in [-0.05, 0) is 30.9 Å². The first-order valence-corrected chi connectivity index (χ1v) is 6.73. The fourth-order valence-corrected chi connectivity index (χ4v) is 2.35. The molecule has 22 heavy (non-hydrogen) atoms. The number of nitriles is 1. The summed E-state index contributed by atoms with van der Waals surface area (Å²) >= 11 is 0.641. The quantitative estimate of drug-likeness (QED) is 0.905. The molecule has 0 spiro atoms. The molecule has 0 saturated heterocycles. The Morgan fingerprint density at radius 1 is 1.77 bits per heavy atom. The van der Waals surface area contributed by atoms with Gasteiger partial charge in [0.25, 0.3) is 0 Å². The summed E-state index contributed by atoms with van der Waals surface area (Å²) in [6.45, 7) is -4.20. The predicted molar refractivity (Wildman–Crippen MR) is 84.3 cm³/mol. The van der Waals surface area contributed by atoms with Crippen molar-refractivity contribution < 1.29 is 27.0 Å². The van der Waals surface area contributed by atoms with Crippen molar-refractivity contribution in [3.8, 4) is 22.4 Å². The van der Waals surface area contributed by atoms with Crippen LogP contribution in [0.25, 0.3) is 10.6 Å². The standard InChI is InChI=1S/C16H16N2O3S/c1-9(2)8-21-13-5-4-11(6-12(13)7-17)15-18-10(3)14(22-15)16(19)20/h4-6,9H,8H2,1-3H3,(H,19,20)/i1D3,4D,5D,6D,8D2,9D. The second-order valence-corrected chi connectivity index (χ2v) is 5.13. The normalized spacial score (nSPS) is 20.3. The average Bonchev–Trinajstić information content (AvgIpc) is 3.00. The molecule has 2 rings (SSSR count). The molecule has 6 heteroatoms.